The average Bonchev–Trinajstić information content (AvgIpc) is 2.72. The molecule has 0 radical (unpaired) electrons. The van der Waals surface area contributed by atoms with E-state index in [0.717, 1.165) is 20.5 Å². The van der Waals surface area contributed by atoms with Gasteiger partial charge in [-0.2, -0.15) is 0 Å². The van der Waals surface area contributed by atoms with Gasteiger partial charge in [-0.05, 0) is 35.0 Å². The fourth-order valence-electron chi connectivity index (χ4n) is 2.64. The Bertz CT molecular complexity index is 940. The van der Waals surface area contributed by atoms with Gasteiger partial charge in [0.2, 0.25) is 0 Å². The molecular weight excluding hydrogens is 322 g/mol. The van der Waals surface area contributed by atoms with Crippen LogP contribution in [0.1, 0.15) is 0 Å². The maximum Gasteiger partial charge on any atom is 0.0491 e. The van der Waals surface area contributed by atoms with Gasteiger partial charge in [-0.15, -0.1) is 0 Å². The molecule has 0 saturated heterocycles. The summed E-state index contributed by atoms with van der Waals surface area (Å²) in [5.74, 6) is 0. The molecule has 0 atom stereocenters. The molecular formula is C16H9BrClN. The molecule has 3 aromatic carbocycles. The molecule has 0 saturated carbocycles. The maximum atomic E-state index is 6.11. The Morgan fingerprint density at radius 3 is 2.42 bits per heavy atom. The van der Waals surface area contributed by atoms with Gasteiger partial charge in [0.25, 0.3) is 0 Å². The summed E-state index contributed by atoms with van der Waals surface area (Å²) in [7, 11) is 0. The first-order chi connectivity index (χ1) is 9.22. The van der Waals surface area contributed by atoms with Crippen LogP contribution < -0.4 is 0 Å². The first-order valence-electron chi connectivity index (χ1n) is 6.01. The van der Waals surface area contributed by atoms with Crippen LogP contribution in [-0.2, 0) is 0 Å². The van der Waals surface area contributed by atoms with E-state index in [-0.39, 0.29) is 0 Å². The molecule has 0 fully saturated rings. The number of aromatic amines is 1. The highest BCUT2D eigenvalue weighted by Crippen LogP contribution is 2.35. The van der Waals surface area contributed by atoms with Crippen LogP contribution >= 0.6 is 27.5 Å². The highest BCUT2D eigenvalue weighted by Gasteiger charge is 2.09. The lowest BCUT2D eigenvalue weighted by atomic mass is 10.1. The van der Waals surface area contributed by atoms with Gasteiger partial charge in [-0.3, -0.25) is 0 Å². The summed E-state index contributed by atoms with van der Waals surface area (Å²) in [4.78, 5) is 3.44. The molecule has 0 unspecified atom stereocenters. The van der Waals surface area contributed by atoms with E-state index < -0.39 is 0 Å². The van der Waals surface area contributed by atoms with Crippen molar-refractivity contribution in [3.05, 3.63) is 58.0 Å². The summed E-state index contributed by atoms with van der Waals surface area (Å²) < 4.78 is 1.02. The zero-order chi connectivity index (χ0) is 13.0. The van der Waals surface area contributed by atoms with Gasteiger partial charge in [0.05, 0.1) is 0 Å². The van der Waals surface area contributed by atoms with Gasteiger partial charge in [0, 0.05) is 31.3 Å². The van der Waals surface area contributed by atoms with Crippen molar-refractivity contribution in [2.24, 2.45) is 0 Å². The van der Waals surface area contributed by atoms with Gasteiger partial charge in [-0.1, -0.05) is 51.8 Å². The molecule has 0 bridgehead atoms. The van der Waals surface area contributed by atoms with Crippen molar-refractivity contribution < 1.29 is 0 Å². The van der Waals surface area contributed by atoms with Crippen LogP contribution in [0.4, 0.5) is 0 Å². The van der Waals surface area contributed by atoms with E-state index in [9.17, 15) is 0 Å². The molecule has 1 heterocycles. The second-order valence-electron chi connectivity index (χ2n) is 4.68. The Balaban J connectivity index is 2.26. The number of aromatic nitrogens is 1. The minimum Gasteiger partial charge on any atom is -0.354 e. The van der Waals surface area contributed by atoms with Crippen molar-refractivity contribution in [3.8, 4) is 0 Å². The van der Waals surface area contributed by atoms with Crippen molar-refractivity contribution in [1.82, 2.24) is 4.98 Å². The summed E-state index contributed by atoms with van der Waals surface area (Å²) in [5.41, 5.74) is 2.20. The third kappa shape index (κ3) is 1.67. The van der Waals surface area contributed by atoms with Crippen molar-refractivity contribution >= 4 is 60.1 Å². The van der Waals surface area contributed by atoms with E-state index in [1.807, 2.05) is 12.1 Å². The van der Waals surface area contributed by atoms with E-state index >= 15 is 0 Å². The van der Waals surface area contributed by atoms with Gasteiger partial charge in [-0.25, -0.2) is 0 Å². The van der Waals surface area contributed by atoms with Crippen LogP contribution in [0.2, 0.25) is 5.02 Å². The van der Waals surface area contributed by atoms with E-state index in [1.165, 1.54) is 21.5 Å². The number of nitrogens with one attached hydrogen (secondary N) is 1. The third-order valence-corrected chi connectivity index (χ3v) is 4.32. The summed E-state index contributed by atoms with van der Waals surface area (Å²) in [6.45, 7) is 0. The van der Waals surface area contributed by atoms with E-state index in [0.29, 0.717) is 0 Å². The molecule has 19 heavy (non-hydrogen) atoms. The minimum absolute atomic E-state index is 0.732. The number of benzene rings is 3. The summed E-state index contributed by atoms with van der Waals surface area (Å²) in [6.07, 6.45) is 0. The van der Waals surface area contributed by atoms with Crippen LogP contribution in [0.15, 0.2) is 53.0 Å². The van der Waals surface area contributed by atoms with Crippen LogP contribution in [-0.4, -0.2) is 4.98 Å². The van der Waals surface area contributed by atoms with Crippen molar-refractivity contribution in [1.29, 1.82) is 0 Å². The number of fused-ring (bicyclic) bond motifs is 4. The summed E-state index contributed by atoms with van der Waals surface area (Å²) in [6, 6.07) is 16.7. The van der Waals surface area contributed by atoms with Gasteiger partial charge in [0.15, 0.2) is 0 Å². The van der Waals surface area contributed by atoms with Gasteiger partial charge >= 0.3 is 0 Å². The van der Waals surface area contributed by atoms with E-state index in [1.54, 1.807) is 0 Å². The summed E-state index contributed by atoms with van der Waals surface area (Å²) >= 11 is 9.71. The SMILES string of the molecule is Clc1cc(Br)c2c(c1)[nH]c1cc3ccccc3cc12. The van der Waals surface area contributed by atoms with Crippen LogP contribution in [0.3, 0.4) is 0 Å². The maximum absolute atomic E-state index is 6.11. The standard InChI is InChI=1S/C16H9BrClN/c17-13-7-11(18)8-15-16(13)12-5-9-3-1-2-4-10(9)6-14(12)19-15/h1-8,19H. The lowest BCUT2D eigenvalue weighted by Crippen LogP contribution is -1.73. The second kappa shape index (κ2) is 3.99. The monoisotopic (exact) mass is 329 g/mol. The van der Waals surface area contributed by atoms with E-state index in [2.05, 4.69) is 57.3 Å². The largest absolute Gasteiger partial charge is 0.354 e. The molecule has 0 aliphatic carbocycles. The molecule has 1 aromatic heterocycles. The molecule has 0 aliphatic heterocycles. The molecule has 92 valence electrons. The first-order valence-corrected chi connectivity index (χ1v) is 7.19. The predicted molar refractivity (Wildman–Crippen MR) is 86.0 cm³/mol. The van der Waals surface area contributed by atoms with Crippen molar-refractivity contribution in [2.45, 2.75) is 0 Å². The first kappa shape index (κ1) is 11.3. The fraction of sp³-hybridized carbons (Fsp3) is 0. The third-order valence-electron chi connectivity index (χ3n) is 3.48. The number of H-pyrrole nitrogens is 1. The lowest BCUT2D eigenvalue weighted by molar-refractivity contribution is 1.55. The Hall–Kier alpha value is -1.51. The number of hydrogen-bond donors (Lipinski definition) is 1. The van der Waals surface area contributed by atoms with Crippen LogP contribution in [0, 0.1) is 0 Å². The zero-order valence-corrected chi connectivity index (χ0v) is 12.2. The Kier molecular flexibility index (Phi) is 2.38. The lowest BCUT2D eigenvalue weighted by Gasteiger charge is -1.99. The summed E-state index contributed by atoms with van der Waals surface area (Å²) in [5, 5.41) is 5.62. The number of rotatable bonds is 0. The molecule has 1 nitrogen and oxygen atoms in total. The highest BCUT2D eigenvalue weighted by atomic mass is 79.9. The highest BCUT2D eigenvalue weighted by molar-refractivity contribution is 9.10. The quantitative estimate of drug-likeness (QED) is 0.414. The molecule has 4 aromatic rings. The van der Waals surface area contributed by atoms with E-state index in [4.69, 9.17) is 11.6 Å². The normalized spacial score (nSPS) is 11.7. The minimum atomic E-state index is 0.732. The zero-order valence-electron chi connectivity index (χ0n) is 9.87. The number of halogens is 2. The topological polar surface area (TPSA) is 15.8 Å². The molecule has 0 aliphatic rings. The predicted octanol–water partition coefficient (Wildman–Crippen LogP) is 5.89. The molecule has 1 N–H and O–H groups in total. The smallest absolute Gasteiger partial charge is 0.0491 e. The van der Waals surface area contributed by atoms with Gasteiger partial charge < -0.3 is 4.98 Å². The molecule has 0 amide bonds. The second-order valence-corrected chi connectivity index (χ2v) is 5.97. The average molecular weight is 331 g/mol. The Labute approximate surface area is 123 Å². The Morgan fingerprint density at radius 2 is 1.63 bits per heavy atom. The Morgan fingerprint density at radius 1 is 0.895 bits per heavy atom. The molecule has 3 heteroatoms. The van der Waals surface area contributed by atoms with Gasteiger partial charge in [0.1, 0.15) is 0 Å². The van der Waals surface area contributed by atoms with Crippen molar-refractivity contribution in [2.75, 3.05) is 0 Å². The molecule has 0 spiro atoms. The molecule has 4 rings (SSSR count). The van der Waals surface area contributed by atoms with Crippen molar-refractivity contribution in [3.63, 3.8) is 0 Å². The van der Waals surface area contributed by atoms with Crippen LogP contribution in [0.5, 0.6) is 0 Å². The number of hydrogen-bond acceptors (Lipinski definition) is 0. The fourth-order valence-corrected chi connectivity index (χ4v) is 3.67. The van der Waals surface area contributed by atoms with Crippen LogP contribution in [0.25, 0.3) is 32.6 Å².